The molecule has 1 unspecified atom stereocenters. The number of pyridine rings is 1. The minimum Gasteiger partial charge on any atom is -0.492 e. The van der Waals surface area contributed by atoms with Gasteiger partial charge >= 0.3 is 0 Å². The summed E-state index contributed by atoms with van der Waals surface area (Å²) in [5.41, 5.74) is 1.18. The number of hydrogen-bond donors (Lipinski definition) is 1. The van der Waals surface area contributed by atoms with E-state index in [0.717, 1.165) is 57.8 Å². The molecule has 1 rings (SSSR count). The Kier molecular flexibility index (Phi) is 9.83. The molecule has 0 amide bonds. The van der Waals surface area contributed by atoms with E-state index in [1.54, 1.807) is 6.20 Å². The maximum absolute atomic E-state index is 5.67. The van der Waals surface area contributed by atoms with Crippen LogP contribution in [0.15, 0.2) is 18.5 Å². The topological polar surface area (TPSA) is 43.4 Å². The van der Waals surface area contributed by atoms with Gasteiger partial charge in [0.1, 0.15) is 5.75 Å². The van der Waals surface area contributed by atoms with Crippen molar-refractivity contribution in [3.05, 3.63) is 24.0 Å². The number of ether oxygens (including phenoxy) is 2. The third-order valence-electron chi connectivity index (χ3n) is 3.15. The summed E-state index contributed by atoms with van der Waals surface area (Å²) in [5, 5.41) is 3.57. The number of hydrogen-bond acceptors (Lipinski definition) is 4. The van der Waals surface area contributed by atoms with E-state index in [1.165, 1.54) is 5.56 Å². The molecule has 1 aromatic rings. The standard InChI is InChI=1S/C17H30N2O2/c1-4-8-19-17(7-11-20-9-5-2)15-12-16(14-18-13-15)21-10-6-3/h12-14,17,19H,4-11H2,1-3H3. The molecule has 0 bridgehead atoms. The van der Waals surface area contributed by atoms with Gasteiger partial charge in [0.05, 0.1) is 12.8 Å². The summed E-state index contributed by atoms with van der Waals surface area (Å²) in [5.74, 6) is 0.854. The highest BCUT2D eigenvalue weighted by Gasteiger charge is 2.12. The molecular formula is C17H30N2O2. The maximum atomic E-state index is 5.67. The number of nitrogens with zero attached hydrogens (tertiary/aromatic N) is 1. The Morgan fingerprint density at radius 1 is 1.05 bits per heavy atom. The number of nitrogens with one attached hydrogen (secondary N) is 1. The minimum atomic E-state index is 0.277. The minimum absolute atomic E-state index is 0.277. The molecule has 0 aromatic carbocycles. The largest absolute Gasteiger partial charge is 0.492 e. The molecule has 1 atom stereocenters. The van der Waals surface area contributed by atoms with Crippen LogP contribution in [0.2, 0.25) is 0 Å². The molecule has 1 N–H and O–H groups in total. The van der Waals surface area contributed by atoms with Crippen molar-refractivity contribution in [1.29, 1.82) is 0 Å². The van der Waals surface area contributed by atoms with Gasteiger partial charge in [-0.1, -0.05) is 20.8 Å². The molecule has 120 valence electrons. The van der Waals surface area contributed by atoms with Gasteiger partial charge in [-0.15, -0.1) is 0 Å². The smallest absolute Gasteiger partial charge is 0.137 e. The normalized spacial score (nSPS) is 12.3. The Morgan fingerprint density at radius 3 is 2.57 bits per heavy atom. The van der Waals surface area contributed by atoms with E-state index < -0.39 is 0 Å². The van der Waals surface area contributed by atoms with Crippen LogP contribution in [0, 0.1) is 0 Å². The Labute approximate surface area is 129 Å². The van der Waals surface area contributed by atoms with E-state index in [-0.39, 0.29) is 6.04 Å². The molecular weight excluding hydrogens is 264 g/mol. The fraction of sp³-hybridized carbons (Fsp3) is 0.706. The predicted octanol–water partition coefficient (Wildman–Crippen LogP) is 3.73. The summed E-state index contributed by atoms with van der Waals surface area (Å²) in [6, 6.07) is 2.37. The Hall–Kier alpha value is -1.13. The zero-order valence-electron chi connectivity index (χ0n) is 13.7. The van der Waals surface area contributed by atoms with Crippen LogP contribution >= 0.6 is 0 Å². The van der Waals surface area contributed by atoms with E-state index in [4.69, 9.17) is 9.47 Å². The molecule has 0 fully saturated rings. The van der Waals surface area contributed by atoms with Crippen molar-refractivity contribution >= 4 is 0 Å². The number of rotatable bonds is 12. The van der Waals surface area contributed by atoms with Crippen molar-refractivity contribution in [3.8, 4) is 5.75 Å². The maximum Gasteiger partial charge on any atom is 0.137 e. The molecule has 0 spiro atoms. The van der Waals surface area contributed by atoms with Gasteiger partial charge < -0.3 is 14.8 Å². The van der Waals surface area contributed by atoms with Crippen LogP contribution in [0.1, 0.15) is 58.1 Å². The quantitative estimate of drug-likeness (QED) is 0.597. The van der Waals surface area contributed by atoms with Gasteiger partial charge in [-0.2, -0.15) is 0 Å². The van der Waals surface area contributed by atoms with Crippen molar-refractivity contribution in [3.63, 3.8) is 0 Å². The molecule has 21 heavy (non-hydrogen) atoms. The molecule has 1 aromatic heterocycles. The van der Waals surface area contributed by atoms with Crippen molar-refractivity contribution in [2.45, 2.75) is 52.5 Å². The molecule has 1 heterocycles. The van der Waals surface area contributed by atoms with Crippen molar-refractivity contribution < 1.29 is 9.47 Å². The first-order chi connectivity index (χ1) is 10.3. The molecule has 0 aliphatic heterocycles. The first-order valence-electron chi connectivity index (χ1n) is 8.20. The lowest BCUT2D eigenvalue weighted by molar-refractivity contribution is 0.124. The van der Waals surface area contributed by atoms with Crippen molar-refractivity contribution in [2.24, 2.45) is 0 Å². The van der Waals surface area contributed by atoms with E-state index in [9.17, 15) is 0 Å². The first-order valence-corrected chi connectivity index (χ1v) is 8.20. The lowest BCUT2D eigenvalue weighted by atomic mass is 10.1. The van der Waals surface area contributed by atoms with E-state index in [1.807, 2.05) is 6.20 Å². The van der Waals surface area contributed by atoms with Gasteiger partial charge in [-0.25, -0.2) is 0 Å². The van der Waals surface area contributed by atoms with E-state index in [2.05, 4.69) is 37.1 Å². The van der Waals surface area contributed by atoms with Gasteiger partial charge in [0, 0.05) is 25.5 Å². The Balaban J connectivity index is 2.62. The first kappa shape index (κ1) is 17.9. The lowest BCUT2D eigenvalue weighted by Crippen LogP contribution is -2.23. The molecule has 0 radical (unpaired) electrons. The molecule has 0 aliphatic carbocycles. The van der Waals surface area contributed by atoms with Crippen LogP contribution < -0.4 is 10.1 Å². The van der Waals surface area contributed by atoms with Gasteiger partial charge in [-0.3, -0.25) is 4.98 Å². The van der Waals surface area contributed by atoms with Gasteiger partial charge in [0.2, 0.25) is 0 Å². The SMILES string of the molecule is CCCNC(CCOCCC)c1cncc(OCCC)c1. The molecule has 4 nitrogen and oxygen atoms in total. The average Bonchev–Trinajstić information content (AvgIpc) is 2.52. The lowest BCUT2D eigenvalue weighted by Gasteiger charge is -2.19. The summed E-state index contributed by atoms with van der Waals surface area (Å²) < 4.78 is 11.3. The average molecular weight is 294 g/mol. The summed E-state index contributed by atoms with van der Waals surface area (Å²) in [6.45, 7) is 9.75. The Bertz CT molecular complexity index is 372. The highest BCUT2D eigenvalue weighted by Crippen LogP contribution is 2.21. The highest BCUT2D eigenvalue weighted by molar-refractivity contribution is 5.26. The molecule has 0 saturated heterocycles. The zero-order chi connectivity index (χ0) is 15.3. The van der Waals surface area contributed by atoms with Crippen LogP contribution in [0.3, 0.4) is 0 Å². The summed E-state index contributed by atoms with van der Waals surface area (Å²) >= 11 is 0. The highest BCUT2D eigenvalue weighted by atomic mass is 16.5. The summed E-state index contributed by atoms with van der Waals surface area (Å²) in [4.78, 5) is 4.31. The van der Waals surface area contributed by atoms with Crippen LogP contribution in [0.4, 0.5) is 0 Å². The van der Waals surface area contributed by atoms with Crippen LogP contribution in [0.5, 0.6) is 5.75 Å². The second-order valence-electron chi connectivity index (χ2n) is 5.21. The van der Waals surface area contributed by atoms with Crippen molar-refractivity contribution in [1.82, 2.24) is 10.3 Å². The van der Waals surface area contributed by atoms with Gasteiger partial charge in [0.25, 0.3) is 0 Å². The molecule has 0 aliphatic rings. The van der Waals surface area contributed by atoms with Crippen LogP contribution in [-0.4, -0.2) is 31.3 Å². The van der Waals surface area contributed by atoms with E-state index >= 15 is 0 Å². The third-order valence-corrected chi connectivity index (χ3v) is 3.15. The fourth-order valence-corrected chi connectivity index (χ4v) is 2.08. The monoisotopic (exact) mass is 294 g/mol. The summed E-state index contributed by atoms with van der Waals surface area (Å²) in [6.07, 6.45) is 7.85. The van der Waals surface area contributed by atoms with Gasteiger partial charge in [0.15, 0.2) is 0 Å². The van der Waals surface area contributed by atoms with Crippen LogP contribution in [0.25, 0.3) is 0 Å². The van der Waals surface area contributed by atoms with Gasteiger partial charge in [-0.05, 0) is 43.9 Å². The molecule has 0 saturated carbocycles. The second kappa shape index (κ2) is 11.5. The van der Waals surface area contributed by atoms with E-state index in [0.29, 0.717) is 0 Å². The molecule has 4 heteroatoms. The van der Waals surface area contributed by atoms with Crippen LogP contribution in [-0.2, 0) is 4.74 Å². The second-order valence-corrected chi connectivity index (χ2v) is 5.21. The summed E-state index contributed by atoms with van der Waals surface area (Å²) in [7, 11) is 0. The predicted molar refractivity (Wildman–Crippen MR) is 86.8 cm³/mol. The number of aromatic nitrogens is 1. The fourth-order valence-electron chi connectivity index (χ4n) is 2.08. The van der Waals surface area contributed by atoms with Crippen molar-refractivity contribution in [2.75, 3.05) is 26.4 Å². The zero-order valence-corrected chi connectivity index (χ0v) is 13.7. The Morgan fingerprint density at radius 2 is 1.86 bits per heavy atom. The third kappa shape index (κ3) is 7.44.